The van der Waals surface area contributed by atoms with Gasteiger partial charge in [0, 0.05) is 12.1 Å². The topological polar surface area (TPSA) is 53.2 Å². The van der Waals surface area contributed by atoms with Crippen LogP contribution in [0.25, 0.3) is 0 Å². The number of nitriles is 1. The molecule has 0 heterocycles. The van der Waals surface area contributed by atoms with Gasteiger partial charge in [0.2, 0.25) is 0 Å². The van der Waals surface area contributed by atoms with Crippen LogP contribution < -0.4 is 4.74 Å². The highest BCUT2D eigenvalue weighted by atomic mass is 19.1. The summed E-state index contributed by atoms with van der Waals surface area (Å²) in [5, 5.41) is 17.6. The number of phenolic OH excluding ortho intramolecular Hbond substituents is 1. The summed E-state index contributed by atoms with van der Waals surface area (Å²) in [7, 11) is 0. The Hall–Kier alpha value is -1.76. The molecule has 0 aromatic heterocycles. The monoisotopic (exact) mass is 181 g/mol. The van der Waals surface area contributed by atoms with Crippen LogP contribution >= 0.6 is 0 Å². The lowest BCUT2D eigenvalue weighted by molar-refractivity contribution is 0.335. The first kappa shape index (κ1) is 9.33. The minimum atomic E-state index is -0.772. The van der Waals surface area contributed by atoms with Crippen molar-refractivity contribution in [2.45, 2.75) is 6.92 Å². The maximum atomic E-state index is 13.0. The van der Waals surface area contributed by atoms with Crippen molar-refractivity contribution in [2.24, 2.45) is 0 Å². The van der Waals surface area contributed by atoms with Gasteiger partial charge in [-0.2, -0.15) is 5.26 Å². The van der Waals surface area contributed by atoms with Crippen LogP contribution in [0.1, 0.15) is 12.5 Å². The zero-order chi connectivity index (χ0) is 9.84. The summed E-state index contributed by atoms with van der Waals surface area (Å²) in [5.74, 6) is -0.951. The predicted octanol–water partition coefficient (Wildman–Crippen LogP) is 1.80. The molecule has 0 amide bonds. The predicted molar refractivity (Wildman–Crippen MR) is 43.9 cm³/mol. The number of halogens is 1. The van der Waals surface area contributed by atoms with Gasteiger partial charge in [0.05, 0.1) is 6.61 Å². The van der Waals surface area contributed by atoms with Crippen molar-refractivity contribution in [3.63, 3.8) is 0 Å². The van der Waals surface area contributed by atoms with Gasteiger partial charge in [-0.3, -0.25) is 0 Å². The maximum absolute atomic E-state index is 13.0. The third-order valence-electron chi connectivity index (χ3n) is 1.47. The Morgan fingerprint density at radius 1 is 1.62 bits per heavy atom. The van der Waals surface area contributed by atoms with Gasteiger partial charge in [-0.1, -0.05) is 0 Å². The zero-order valence-corrected chi connectivity index (χ0v) is 7.04. The summed E-state index contributed by atoms with van der Waals surface area (Å²) in [6, 6.07) is 3.84. The quantitative estimate of drug-likeness (QED) is 0.756. The van der Waals surface area contributed by atoms with E-state index < -0.39 is 11.6 Å². The van der Waals surface area contributed by atoms with E-state index in [-0.39, 0.29) is 11.3 Å². The highest BCUT2D eigenvalue weighted by Gasteiger charge is 2.09. The third kappa shape index (κ3) is 1.88. The summed E-state index contributed by atoms with van der Waals surface area (Å²) < 4.78 is 17.9. The van der Waals surface area contributed by atoms with E-state index in [1.165, 1.54) is 6.07 Å². The molecule has 0 radical (unpaired) electrons. The van der Waals surface area contributed by atoms with Crippen molar-refractivity contribution in [1.82, 2.24) is 0 Å². The number of ether oxygens (including phenoxy) is 1. The van der Waals surface area contributed by atoms with E-state index in [1.54, 1.807) is 13.0 Å². The van der Waals surface area contributed by atoms with Crippen LogP contribution in [0.2, 0.25) is 0 Å². The fraction of sp³-hybridized carbons (Fsp3) is 0.222. The molecule has 1 N–H and O–H groups in total. The van der Waals surface area contributed by atoms with E-state index in [0.717, 1.165) is 6.07 Å². The van der Waals surface area contributed by atoms with Crippen molar-refractivity contribution < 1.29 is 14.2 Å². The van der Waals surface area contributed by atoms with Crippen LogP contribution in [0, 0.1) is 17.1 Å². The molecule has 3 nitrogen and oxygen atoms in total. The summed E-state index contributed by atoms with van der Waals surface area (Å²) in [4.78, 5) is 0. The number of rotatable bonds is 2. The Kier molecular flexibility index (Phi) is 2.70. The number of benzene rings is 1. The summed E-state index contributed by atoms with van der Waals surface area (Å²) in [6.07, 6.45) is 0. The van der Waals surface area contributed by atoms with Crippen molar-refractivity contribution in [1.29, 1.82) is 5.26 Å². The van der Waals surface area contributed by atoms with Crippen LogP contribution in [0.15, 0.2) is 12.1 Å². The molecule has 1 rings (SSSR count). The Morgan fingerprint density at radius 3 is 2.77 bits per heavy atom. The van der Waals surface area contributed by atoms with Gasteiger partial charge >= 0.3 is 0 Å². The van der Waals surface area contributed by atoms with Crippen LogP contribution in [0.3, 0.4) is 0 Å². The average Bonchev–Trinajstić information content (AvgIpc) is 2.04. The maximum Gasteiger partial charge on any atom is 0.148 e. The van der Waals surface area contributed by atoms with Gasteiger partial charge in [-0.25, -0.2) is 4.39 Å². The Morgan fingerprint density at radius 2 is 2.31 bits per heavy atom. The second kappa shape index (κ2) is 3.76. The normalized spacial score (nSPS) is 9.31. The van der Waals surface area contributed by atoms with Crippen molar-refractivity contribution >= 4 is 0 Å². The van der Waals surface area contributed by atoms with Crippen molar-refractivity contribution in [3.8, 4) is 17.6 Å². The highest BCUT2D eigenvalue weighted by Crippen LogP contribution is 2.25. The number of aromatic hydroxyl groups is 1. The van der Waals surface area contributed by atoms with E-state index in [2.05, 4.69) is 0 Å². The second-order valence-electron chi connectivity index (χ2n) is 2.34. The molecule has 0 aliphatic rings. The third-order valence-corrected chi connectivity index (χ3v) is 1.47. The standard InChI is InChI=1S/C9H8FNO2/c1-2-13-6-3-8(10)7(5-11)9(12)4-6/h3-4,12H,2H2,1H3. The molecule has 0 spiro atoms. The van der Waals surface area contributed by atoms with Gasteiger partial charge in [0.25, 0.3) is 0 Å². The van der Waals surface area contributed by atoms with Gasteiger partial charge in [0.15, 0.2) is 0 Å². The van der Waals surface area contributed by atoms with E-state index in [1.807, 2.05) is 0 Å². The molecule has 0 unspecified atom stereocenters. The molecule has 0 aliphatic heterocycles. The fourth-order valence-electron chi connectivity index (χ4n) is 0.929. The average molecular weight is 181 g/mol. The molecule has 0 fully saturated rings. The van der Waals surface area contributed by atoms with Crippen molar-refractivity contribution in [2.75, 3.05) is 6.61 Å². The van der Waals surface area contributed by atoms with Gasteiger partial charge in [0.1, 0.15) is 28.9 Å². The lowest BCUT2D eigenvalue weighted by Crippen LogP contribution is -1.93. The molecule has 1 aromatic carbocycles. The van der Waals surface area contributed by atoms with Crippen molar-refractivity contribution in [3.05, 3.63) is 23.5 Å². The molecule has 1 aromatic rings. The van der Waals surface area contributed by atoms with Gasteiger partial charge < -0.3 is 9.84 Å². The first-order chi connectivity index (χ1) is 6.19. The first-order valence-corrected chi connectivity index (χ1v) is 3.74. The summed E-state index contributed by atoms with van der Waals surface area (Å²) in [6.45, 7) is 2.12. The molecule has 4 heteroatoms. The number of hydrogen-bond donors (Lipinski definition) is 1. The van der Waals surface area contributed by atoms with Crippen LogP contribution in [0.5, 0.6) is 11.5 Å². The molecule has 0 saturated carbocycles. The van der Waals surface area contributed by atoms with Crippen LogP contribution in [0.4, 0.5) is 4.39 Å². The molecule has 0 saturated heterocycles. The number of hydrogen-bond acceptors (Lipinski definition) is 3. The molecule has 68 valence electrons. The summed E-state index contributed by atoms with van der Waals surface area (Å²) in [5.41, 5.74) is -0.358. The highest BCUT2D eigenvalue weighted by molar-refractivity contribution is 5.47. The Labute approximate surface area is 75.0 Å². The summed E-state index contributed by atoms with van der Waals surface area (Å²) >= 11 is 0. The number of phenols is 1. The minimum absolute atomic E-state index is 0.219. The smallest absolute Gasteiger partial charge is 0.148 e. The molecule has 0 aliphatic carbocycles. The molecule has 13 heavy (non-hydrogen) atoms. The Balaban J connectivity index is 3.14. The van der Waals surface area contributed by atoms with Crippen LogP contribution in [-0.2, 0) is 0 Å². The largest absolute Gasteiger partial charge is 0.506 e. The first-order valence-electron chi connectivity index (χ1n) is 3.74. The lowest BCUT2D eigenvalue weighted by atomic mass is 10.2. The molecular formula is C9H8FNO2. The van der Waals surface area contributed by atoms with E-state index in [9.17, 15) is 4.39 Å². The molecular weight excluding hydrogens is 173 g/mol. The zero-order valence-electron chi connectivity index (χ0n) is 7.04. The number of nitrogens with zero attached hydrogens (tertiary/aromatic N) is 1. The minimum Gasteiger partial charge on any atom is -0.506 e. The Bertz CT molecular complexity index is 334. The molecule has 0 atom stereocenters. The fourth-order valence-corrected chi connectivity index (χ4v) is 0.929. The van der Waals surface area contributed by atoms with E-state index in [0.29, 0.717) is 6.61 Å². The van der Waals surface area contributed by atoms with Crippen LogP contribution in [-0.4, -0.2) is 11.7 Å². The molecule has 0 bridgehead atoms. The lowest BCUT2D eigenvalue weighted by Gasteiger charge is -2.04. The SMILES string of the molecule is CCOc1cc(O)c(C#N)c(F)c1. The van der Waals surface area contributed by atoms with Gasteiger partial charge in [-0.15, -0.1) is 0 Å². The van der Waals surface area contributed by atoms with Gasteiger partial charge in [-0.05, 0) is 6.92 Å². The second-order valence-corrected chi connectivity index (χ2v) is 2.34. The van der Waals surface area contributed by atoms with E-state index >= 15 is 0 Å². The van der Waals surface area contributed by atoms with E-state index in [4.69, 9.17) is 15.1 Å².